The van der Waals surface area contributed by atoms with Gasteiger partial charge in [-0.05, 0) is 11.6 Å². The van der Waals surface area contributed by atoms with Crippen LogP contribution in [0.4, 0.5) is 5.69 Å². The number of nitrogens with zero attached hydrogens (tertiary/aromatic N) is 3. The normalized spacial score (nSPS) is 15.0. The van der Waals surface area contributed by atoms with E-state index in [1.165, 1.54) is 6.33 Å². The number of fused-ring (bicyclic) bond motifs is 1. The molecule has 0 radical (unpaired) electrons. The smallest absolute Gasteiger partial charge is 0.295 e. The molecule has 0 atom stereocenters. The number of carbonyl (C=O) groups excluding carboxylic acids is 1. The maximum Gasteiger partial charge on any atom is 0.295 e. The quantitative estimate of drug-likeness (QED) is 0.767. The predicted molar refractivity (Wildman–Crippen MR) is 66.2 cm³/mol. The predicted octanol–water partition coefficient (Wildman–Crippen LogP) is 0.555. The molecular weight excluding hydrogens is 230 g/mol. The van der Waals surface area contributed by atoms with Gasteiger partial charge in [-0.3, -0.25) is 9.89 Å². The lowest BCUT2D eigenvalue weighted by Crippen LogP contribution is -2.35. The van der Waals surface area contributed by atoms with Gasteiger partial charge < -0.3 is 10.2 Å². The Morgan fingerprint density at radius 1 is 1.33 bits per heavy atom. The van der Waals surface area contributed by atoms with Gasteiger partial charge in [-0.15, -0.1) is 0 Å². The Morgan fingerprint density at radius 2 is 2.22 bits per heavy atom. The van der Waals surface area contributed by atoms with Crippen molar-refractivity contribution in [2.75, 3.05) is 18.0 Å². The molecule has 0 aliphatic carbocycles. The molecule has 1 aromatic carbocycles. The maximum absolute atomic E-state index is 12.3. The van der Waals surface area contributed by atoms with E-state index in [2.05, 4.69) is 20.5 Å². The van der Waals surface area contributed by atoms with Crippen LogP contribution in [0.2, 0.25) is 0 Å². The molecule has 0 unspecified atom stereocenters. The summed E-state index contributed by atoms with van der Waals surface area (Å²) < 4.78 is 0. The highest BCUT2D eigenvalue weighted by molar-refractivity contribution is 6.04. The lowest BCUT2D eigenvalue weighted by molar-refractivity contribution is 0.0978. The Labute approximate surface area is 104 Å². The molecule has 0 saturated heterocycles. The highest BCUT2D eigenvalue weighted by Gasteiger charge is 2.23. The van der Waals surface area contributed by atoms with Crippen LogP contribution in [0, 0.1) is 0 Å². The standard InChI is InChI=1S/C12H13N5O/c18-12(11-14-8-15-16-11)17-6-5-13-7-9-3-1-2-4-10(9)17/h1-4,8,13H,5-7H2,(H,14,15,16). The van der Waals surface area contributed by atoms with Crippen LogP contribution in [-0.4, -0.2) is 34.2 Å². The summed E-state index contributed by atoms with van der Waals surface area (Å²) in [5.41, 5.74) is 2.05. The second-order valence-corrected chi connectivity index (χ2v) is 4.10. The average Bonchev–Trinajstić information content (AvgIpc) is 2.85. The van der Waals surface area contributed by atoms with Crippen molar-refractivity contribution < 1.29 is 4.79 Å². The summed E-state index contributed by atoms with van der Waals surface area (Å²) in [5.74, 6) is 0.121. The summed E-state index contributed by atoms with van der Waals surface area (Å²) in [7, 11) is 0. The fourth-order valence-electron chi connectivity index (χ4n) is 2.11. The monoisotopic (exact) mass is 243 g/mol. The minimum absolute atomic E-state index is 0.149. The number of nitrogens with one attached hydrogen (secondary N) is 2. The first kappa shape index (κ1) is 10.9. The molecule has 18 heavy (non-hydrogen) atoms. The van der Waals surface area contributed by atoms with E-state index in [-0.39, 0.29) is 11.7 Å². The van der Waals surface area contributed by atoms with Crippen molar-refractivity contribution in [1.82, 2.24) is 20.5 Å². The highest BCUT2D eigenvalue weighted by Crippen LogP contribution is 2.23. The zero-order valence-corrected chi connectivity index (χ0v) is 9.76. The third-order valence-corrected chi connectivity index (χ3v) is 2.97. The molecule has 92 valence electrons. The molecule has 2 heterocycles. The van der Waals surface area contributed by atoms with Gasteiger partial charge in [0.15, 0.2) is 0 Å². The van der Waals surface area contributed by atoms with Crippen LogP contribution in [0.25, 0.3) is 0 Å². The van der Waals surface area contributed by atoms with E-state index in [0.717, 1.165) is 24.3 Å². The molecular formula is C12H13N5O. The molecule has 2 N–H and O–H groups in total. The van der Waals surface area contributed by atoms with Gasteiger partial charge in [0, 0.05) is 25.3 Å². The lowest BCUT2D eigenvalue weighted by Gasteiger charge is -2.21. The Kier molecular flexibility index (Phi) is 2.77. The summed E-state index contributed by atoms with van der Waals surface area (Å²) >= 11 is 0. The molecule has 1 aliphatic rings. The number of H-pyrrole nitrogens is 1. The topological polar surface area (TPSA) is 73.9 Å². The largest absolute Gasteiger partial charge is 0.311 e. The van der Waals surface area contributed by atoms with Crippen molar-refractivity contribution >= 4 is 11.6 Å². The van der Waals surface area contributed by atoms with Crippen LogP contribution in [0.1, 0.15) is 16.2 Å². The minimum Gasteiger partial charge on any atom is -0.311 e. The minimum atomic E-state index is -0.149. The number of hydrogen-bond acceptors (Lipinski definition) is 4. The van der Waals surface area contributed by atoms with Crippen LogP contribution in [0.15, 0.2) is 30.6 Å². The number of amides is 1. The van der Waals surface area contributed by atoms with Crippen molar-refractivity contribution in [2.24, 2.45) is 0 Å². The molecule has 6 heteroatoms. The second-order valence-electron chi connectivity index (χ2n) is 4.10. The second kappa shape index (κ2) is 4.58. The van der Waals surface area contributed by atoms with Gasteiger partial charge >= 0.3 is 0 Å². The van der Waals surface area contributed by atoms with Crippen LogP contribution in [0.5, 0.6) is 0 Å². The van der Waals surface area contributed by atoms with E-state index in [9.17, 15) is 4.79 Å². The van der Waals surface area contributed by atoms with Crippen LogP contribution >= 0.6 is 0 Å². The average molecular weight is 243 g/mol. The molecule has 1 amide bonds. The third-order valence-electron chi connectivity index (χ3n) is 2.97. The van der Waals surface area contributed by atoms with Crippen molar-refractivity contribution in [3.63, 3.8) is 0 Å². The van der Waals surface area contributed by atoms with Gasteiger partial charge in [0.05, 0.1) is 0 Å². The Morgan fingerprint density at radius 3 is 3.06 bits per heavy atom. The van der Waals surface area contributed by atoms with Gasteiger partial charge in [0.1, 0.15) is 6.33 Å². The van der Waals surface area contributed by atoms with Gasteiger partial charge in [-0.2, -0.15) is 5.10 Å². The van der Waals surface area contributed by atoms with Gasteiger partial charge in [0.25, 0.3) is 5.91 Å². The number of aromatic amines is 1. The summed E-state index contributed by atoms with van der Waals surface area (Å²) in [4.78, 5) is 18.0. The van der Waals surface area contributed by atoms with Crippen molar-refractivity contribution in [1.29, 1.82) is 0 Å². The van der Waals surface area contributed by atoms with Crippen LogP contribution in [-0.2, 0) is 6.54 Å². The molecule has 2 aromatic rings. The van der Waals surface area contributed by atoms with Crippen LogP contribution < -0.4 is 10.2 Å². The van der Waals surface area contributed by atoms with E-state index >= 15 is 0 Å². The molecule has 0 saturated carbocycles. The number of rotatable bonds is 1. The summed E-state index contributed by atoms with van der Waals surface area (Å²) in [6, 6.07) is 7.89. The molecule has 0 fully saturated rings. The molecule has 0 spiro atoms. The lowest BCUT2D eigenvalue weighted by atomic mass is 10.1. The third kappa shape index (κ3) is 1.86. The van der Waals surface area contributed by atoms with E-state index < -0.39 is 0 Å². The van der Waals surface area contributed by atoms with Gasteiger partial charge in [-0.1, -0.05) is 18.2 Å². The van der Waals surface area contributed by atoms with E-state index in [1.807, 2.05) is 24.3 Å². The van der Waals surface area contributed by atoms with Crippen molar-refractivity contribution in [3.05, 3.63) is 42.0 Å². The zero-order chi connectivity index (χ0) is 12.4. The fraction of sp³-hybridized carbons (Fsp3) is 0.250. The maximum atomic E-state index is 12.3. The van der Waals surface area contributed by atoms with E-state index in [0.29, 0.717) is 6.54 Å². The number of aromatic nitrogens is 3. The number of hydrogen-bond donors (Lipinski definition) is 2. The molecule has 3 rings (SSSR count). The first-order valence-corrected chi connectivity index (χ1v) is 5.82. The molecule has 1 aliphatic heterocycles. The Bertz CT molecular complexity index is 551. The van der Waals surface area contributed by atoms with Gasteiger partial charge in [0.2, 0.25) is 5.82 Å². The summed E-state index contributed by atoms with van der Waals surface area (Å²) in [5, 5.41) is 9.62. The highest BCUT2D eigenvalue weighted by atomic mass is 16.2. The number of benzene rings is 1. The van der Waals surface area contributed by atoms with Crippen molar-refractivity contribution in [3.8, 4) is 0 Å². The van der Waals surface area contributed by atoms with Gasteiger partial charge in [-0.25, -0.2) is 4.98 Å². The van der Waals surface area contributed by atoms with E-state index in [4.69, 9.17) is 0 Å². The summed E-state index contributed by atoms with van der Waals surface area (Å²) in [6.45, 7) is 2.15. The first-order valence-electron chi connectivity index (χ1n) is 5.82. The summed E-state index contributed by atoms with van der Waals surface area (Å²) in [6.07, 6.45) is 1.34. The van der Waals surface area contributed by atoms with E-state index in [1.54, 1.807) is 4.90 Å². The van der Waals surface area contributed by atoms with Crippen LogP contribution in [0.3, 0.4) is 0 Å². The SMILES string of the molecule is O=C(c1ncn[nH]1)N1CCNCc2ccccc21. The number of anilines is 1. The Balaban J connectivity index is 1.99. The first-order chi connectivity index (χ1) is 8.86. The molecule has 6 nitrogen and oxygen atoms in total. The Hall–Kier alpha value is -2.21. The number of carbonyl (C=O) groups is 1. The molecule has 1 aromatic heterocycles. The molecule has 0 bridgehead atoms. The van der Waals surface area contributed by atoms with Crippen molar-refractivity contribution in [2.45, 2.75) is 6.54 Å². The number of para-hydroxylation sites is 1. The zero-order valence-electron chi connectivity index (χ0n) is 9.76. The fourth-order valence-corrected chi connectivity index (χ4v) is 2.11.